The van der Waals surface area contributed by atoms with Crippen molar-refractivity contribution in [1.29, 1.82) is 0 Å². The highest BCUT2D eigenvalue weighted by atomic mass is 35.5. The zero-order valence-electron chi connectivity index (χ0n) is 16.7. The van der Waals surface area contributed by atoms with Crippen molar-refractivity contribution in [1.82, 2.24) is 10.2 Å². The third kappa shape index (κ3) is 5.30. The molecule has 1 unspecified atom stereocenters. The molecule has 30 heavy (non-hydrogen) atoms. The van der Waals surface area contributed by atoms with Gasteiger partial charge >= 0.3 is 0 Å². The molecule has 1 atom stereocenters. The number of hydrogen-bond acceptors (Lipinski definition) is 4. The van der Waals surface area contributed by atoms with Gasteiger partial charge in [-0.3, -0.25) is 14.4 Å². The molecule has 1 aliphatic rings. The van der Waals surface area contributed by atoms with Gasteiger partial charge in [-0.2, -0.15) is 0 Å². The van der Waals surface area contributed by atoms with Crippen LogP contribution in [0.3, 0.4) is 0 Å². The van der Waals surface area contributed by atoms with Gasteiger partial charge in [-0.1, -0.05) is 29.8 Å². The number of nitrogens with zero attached hydrogens (tertiary/aromatic N) is 1. The van der Waals surface area contributed by atoms with Crippen LogP contribution in [0.15, 0.2) is 42.5 Å². The second kappa shape index (κ2) is 9.76. The number of benzene rings is 2. The Morgan fingerprint density at radius 3 is 2.53 bits per heavy atom. The fourth-order valence-corrected chi connectivity index (χ4v) is 4.54. The van der Waals surface area contributed by atoms with Crippen molar-refractivity contribution in [2.75, 3.05) is 30.1 Å². The normalized spacial score (nSPS) is 15.7. The molecule has 0 aliphatic carbocycles. The van der Waals surface area contributed by atoms with Gasteiger partial charge in [0, 0.05) is 17.1 Å². The summed E-state index contributed by atoms with van der Waals surface area (Å²) in [4.78, 5) is 15.0. The van der Waals surface area contributed by atoms with E-state index in [-0.39, 0.29) is 23.5 Å². The summed E-state index contributed by atoms with van der Waals surface area (Å²) in [5.41, 5.74) is 0.772. The molecule has 1 fully saturated rings. The van der Waals surface area contributed by atoms with Crippen molar-refractivity contribution in [3.05, 3.63) is 64.4 Å². The Balaban J connectivity index is 1.82. The lowest BCUT2D eigenvalue weighted by Crippen LogP contribution is -2.37. The summed E-state index contributed by atoms with van der Waals surface area (Å²) in [5, 5.41) is 3.15. The predicted molar refractivity (Wildman–Crippen MR) is 117 cm³/mol. The Kier molecular flexibility index (Phi) is 7.33. The first kappa shape index (κ1) is 22.5. The van der Waals surface area contributed by atoms with Crippen molar-refractivity contribution in [2.24, 2.45) is 0 Å². The van der Waals surface area contributed by atoms with Crippen LogP contribution in [-0.2, 0) is 10.0 Å². The number of likely N-dealkylation sites (tertiary alicyclic amines) is 1. The highest BCUT2D eigenvalue weighted by Crippen LogP contribution is 2.32. The summed E-state index contributed by atoms with van der Waals surface area (Å²) >= 11 is 6.29. The number of carbonyl (C=O) groups excluding carboxylic acids is 1. The number of carbonyl (C=O) groups is 1. The van der Waals surface area contributed by atoms with Crippen molar-refractivity contribution in [3.8, 4) is 0 Å². The topological polar surface area (TPSA) is 78.5 Å². The highest BCUT2D eigenvalue weighted by molar-refractivity contribution is 7.92. The van der Waals surface area contributed by atoms with E-state index in [1.165, 1.54) is 19.1 Å². The fourth-order valence-electron chi connectivity index (χ4n) is 3.59. The fraction of sp³-hybridized carbons (Fsp3) is 0.381. The van der Waals surface area contributed by atoms with E-state index in [4.69, 9.17) is 11.6 Å². The van der Waals surface area contributed by atoms with Gasteiger partial charge in [-0.05, 0) is 57.1 Å². The van der Waals surface area contributed by atoms with Gasteiger partial charge in [0.2, 0.25) is 10.0 Å². The van der Waals surface area contributed by atoms with Crippen LogP contribution < -0.4 is 10.0 Å². The average Bonchev–Trinajstić information content (AvgIpc) is 3.24. The Morgan fingerprint density at radius 1 is 1.17 bits per heavy atom. The predicted octanol–water partition coefficient (Wildman–Crippen LogP) is 3.81. The maximum Gasteiger partial charge on any atom is 0.253 e. The van der Waals surface area contributed by atoms with Gasteiger partial charge in [0.1, 0.15) is 5.82 Å². The van der Waals surface area contributed by atoms with E-state index in [1.54, 1.807) is 30.3 Å². The number of para-hydroxylation sites is 1. The van der Waals surface area contributed by atoms with Crippen molar-refractivity contribution in [2.45, 2.75) is 25.8 Å². The summed E-state index contributed by atoms with van der Waals surface area (Å²) in [5.74, 6) is -0.961. The minimum atomic E-state index is -3.53. The molecule has 0 radical (unpaired) electrons. The zero-order chi connectivity index (χ0) is 21.7. The molecule has 9 heteroatoms. The molecule has 0 spiro atoms. The van der Waals surface area contributed by atoms with E-state index >= 15 is 0 Å². The molecule has 0 aromatic heterocycles. The first-order chi connectivity index (χ1) is 14.3. The molecular weight excluding hydrogens is 429 g/mol. The first-order valence-electron chi connectivity index (χ1n) is 9.88. The minimum absolute atomic E-state index is 0.105. The van der Waals surface area contributed by atoms with E-state index in [9.17, 15) is 17.6 Å². The molecule has 0 saturated carbocycles. The summed E-state index contributed by atoms with van der Waals surface area (Å²) in [6, 6.07) is 10.5. The molecular formula is C21H25ClFN3O3S. The molecule has 2 aromatic carbocycles. The van der Waals surface area contributed by atoms with Crippen LogP contribution in [0.5, 0.6) is 0 Å². The molecule has 1 heterocycles. The summed E-state index contributed by atoms with van der Waals surface area (Å²) < 4.78 is 40.9. The summed E-state index contributed by atoms with van der Waals surface area (Å²) in [6.07, 6.45) is 2.00. The first-order valence-corrected chi connectivity index (χ1v) is 11.9. The van der Waals surface area contributed by atoms with Crippen LogP contribution in [0.4, 0.5) is 10.1 Å². The average molecular weight is 454 g/mol. The van der Waals surface area contributed by atoms with Gasteiger partial charge in [-0.15, -0.1) is 0 Å². The second-order valence-corrected chi connectivity index (χ2v) is 9.57. The Hall–Kier alpha value is -2.16. The maximum absolute atomic E-state index is 14.6. The molecule has 162 valence electrons. The van der Waals surface area contributed by atoms with E-state index in [1.807, 2.05) is 0 Å². The van der Waals surface area contributed by atoms with Gasteiger partial charge in [-0.25, -0.2) is 12.8 Å². The van der Waals surface area contributed by atoms with Crippen LogP contribution in [0.2, 0.25) is 5.02 Å². The van der Waals surface area contributed by atoms with Gasteiger partial charge < -0.3 is 5.32 Å². The largest absolute Gasteiger partial charge is 0.350 e. The van der Waals surface area contributed by atoms with E-state index in [0.29, 0.717) is 10.6 Å². The third-order valence-electron chi connectivity index (χ3n) is 5.19. The molecule has 0 bridgehead atoms. The van der Waals surface area contributed by atoms with Crippen LogP contribution >= 0.6 is 11.6 Å². The Morgan fingerprint density at radius 2 is 1.87 bits per heavy atom. The molecule has 1 amide bonds. The molecule has 2 aromatic rings. The van der Waals surface area contributed by atoms with Gasteiger partial charge in [0.25, 0.3) is 5.91 Å². The Labute approximate surface area is 181 Å². The van der Waals surface area contributed by atoms with Crippen molar-refractivity contribution >= 4 is 33.2 Å². The highest BCUT2D eigenvalue weighted by Gasteiger charge is 2.28. The maximum atomic E-state index is 14.6. The lowest BCUT2D eigenvalue weighted by Gasteiger charge is -2.29. The molecule has 1 aliphatic heterocycles. The summed E-state index contributed by atoms with van der Waals surface area (Å²) in [7, 11) is -3.53. The standard InChI is InChI=1S/C21H25ClFN3O3S/c1-2-30(28,29)25-18-11-4-3-8-15(18)21(27)24-14-19(26-12-5-6-13-26)20-16(22)9-7-10-17(20)23/h3-4,7-11,19,25H,2,5-6,12-14H2,1H3,(H,24,27). The smallest absolute Gasteiger partial charge is 0.253 e. The Bertz CT molecular complexity index is 990. The second-order valence-electron chi connectivity index (χ2n) is 7.16. The number of amides is 1. The van der Waals surface area contributed by atoms with Gasteiger partial charge in [0.15, 0.2) is 0 Å². The lowest BCUT2D eigenvalue weighted by molar-refractivity contribution is 0.0938. The van der Waals surface area contributed by atoms with Gasteiger partial charge in [0.05, 0.1) is 23.0 Å². The van der Waals surface area contributed by atoms with Crippen LogP contribution in [-0.4, -0.2) is 44.6 Å². The quantitative estimate of drug-likeness (QED) is 0.637. The molecule has 2 N–H and O–H groups in total. The molecule has 6 nitrogen and oxygen atoms in total. The van der Waals surface area contributed by atoms with Crippen molar-refractivity contribution in [3.63, 3.8) is 0 Å². The number of nitrogens with one attached hydrogen (secondary N) is 2. The van der Waals surface area contributed by atoms with Crippen LogP contribution in [0.25, 0.3) is 0 Å². The SMILES string of the molecule is CCS(=O)(=O)Nc1ccccc1C(=O)NCC(c1c(F)cccc1Cl)N1CCCC1. The number of hydrogen-bond donors (Lipinski definition) is 2. The minimum Gasteiger partial charge on any atom is -0.350 e. The number of sulfonamides is 1. The number of rotatable bonds is 8. The third-order valence-corrected chi connectivity index (χ3v) is 6.81. The van der Waals surface area contributed by atoms with Crippen molar-refractivity contribution < 1.29 is 17.6 Å². The van der Waals surface area contributed by atoms with E-state index in [0.717, 1.165) is 25.9 Å². The molecule has 1 saturated heterocycles. The lowest BCUT2D eigenvalue weighted by atomic mass is 10.0. The number of halogens is 2. The zero-order valence-corrected chi connectivity index (χ0v) is 18.3. The number of anilines is 1. The van der Waals surface area contributed by atoms with Crippen LogP contribution in [0.1, 0.15) is 41.7 Å². The summed E-state index contributed by atoms with van der Waals surface area (Å²) in [6.45, 7) is 3.24. The van der Waals surface area contributed by atoms with Crippen LogP contribution in [0, 0.1) is 5.82 Å². The van der Waals surface area contributed by atoms with E-state index < -0.39 is 27.8 Å². The monoisotopic (exact) mass is 453 g/mol. The van der Waals surface area contributed by atoms with E-state index in [2.05, 4.69) is 14.9 Å². The molecule has 3 rings (SSSR count).